The maximum Gasteiger partial charge on any atom is 0.161 e. The number of hydrogen-bond donors (Lipinski definition) is 3. The molecule has 3 nitrogen and oxygen atoms in total. The molecule has 0 aliphatic carbocycles. The van der Waals surface area contributed by atoms with Gasteiger partial charge in [0.2, 0.25) is 0 Å². The minimum atomic E-state index is -0.989. The number of anilines is 2. The number of aliphatic hydroxyl groups excluding tert-OH is 1. The van der Waals surface area contributed by atoms with E-state index < -0.39 is 17.7 Å². The molecule has 1 unspecified atom stereocenters. The van der Waals surface area contributed by atoms with Gasteiger partial charge in [0.1, 0.15) is 0 Å². The Hall–Kier alpha value is -1.66. The van der Waals surface area contributed by atoms with Gasteiger partial charge in [-0.3, -0.25) is 0 Å². The smallest absolute Gasteiger partial charge is 0.161 e. The zero-order valence-corrected chi connectivity index (χ0v) is 10.2. The first-order valence-corrected chi connectivity index (χ1v) is 6.20. The third-order valence-corrected chi connectivity index (χ3v) is 3.21. The summed E-state index contributed by atoms with van der Waals surface area (Å²) in [6.45, 7) is 0.173. The molecule has 0 saturated heterocycles. The van der Waals surface area contributed by atoms with E-state index >= 15 is 0 Å². The van der Waals surface area contributed by atoms with Crippen LogP contribution in [0.3, 0.4) is 0 Å². The summed E-state index contributed by atoms with van der Waals surface area (Å²) in [5.74, 6) is -1.96. The maximum atomic E-state index is 13.0. The monoisotopic (exact) mass is 270 g/mol. The van der Waals surface area contributed by atoms with Crippen LogP contribution in [0.25, 0.3) is 0 Å². The first-order valence-electron chi connectivity index (χ1n) is 5.26. The van der Waals surface area contributed by atoms with Gasteiger partial charge in [-0.2, -0.15) is 11.3 Å². The predicted octanol–water partition coefficient (Wildman–Crippen LogP) is 2.75. The van der Waals surface area contributed by atoms with Crippen molar-refractivity contribution in [3.63, 3.8) is 0 Å². The third-order valence-electron chi connectivity index (χ3n) is 2.51. The SMILES string of the molecule is Nc1cc(F)c(F)cc1NCC(O)c1ccsc1. The second kappa shape index (κ2) is 5.32. The summed E-state index contributed by atoms with van der Waals surface area (Å²) in [5.41, 5.74) is 6.69. The van der Waals surface area contributed by atoms with E-state index in [1.54, 1.807) is 6.07 Å². The summed E-state index contributed by atoms with van der Waals surface area (Å²) in [5, 5.41) is 16.3. The van der Waals surface area contributed by atoms with Gasteiger partial charge >= 0.3 is 0 Å². The number of benzene rings is 1. The van der Waals surface area contributed by atoms with Crippen LogP contribution in [-0.4, -0.2) is 11.7 Å². The average molecular weight is 270 g/mol. The maximum absolute atomic E-state index is 13.0. The van der Waals surface area contributed by atoms with E-state index in [0.717, 1.165) is 17.7 Å². The molecule has 96 valence electrons. The molecule has 2 aromatic rings. The molecule has 18 heavy (non-hydrogen) atoms. The Kier molecular flexibility index (Phi) is 3.78. The number of thiophene rings is 1. The molecule has 1 aromatic carbocycles. The molecule has 1 heterocycles. The molecule has 0 amide bonds. The Balaban J connectivity index is 2.04. The number of nitrogens with one attached hydrogen (secondary N) is 1. The molecule has 0 spiro atoms. The van der Waals surface area contributed by atoms with Crippen molar-refractivity contribution in [2.75, 3.05) is 17.6 Å². The van der Waals surface area contributed by atoms with Crippen LogP contribution in [0.15, 0.2) is 29.0 Å². The zero-order chi connectivity index (χ0) is 13.1. The highest BCUT2D eigenvalue weighted by Crippen LogP contribution is 2.23. The van der Waals surface area contributed by atoms with Crippen molar-refractivity contribution < 1.29 is 13.9 Å². The summed E-state index contributed by atoms with van der Waals surface area (Å²) >= 11 is 1.48. The van der Waals surface area contributed by atoms with Gasteiger partial charge in [-0.05, 0) is 22.4 Å². The van der Waals surface area contributed by atoms with Gasteiger partial charge in [-0.25, -0.2) is 8.78 Å². The fourth-order valence-corrected chi connectivity index (χ4v) is 2.21. The molecule has 4 N–H and O–H groups in total. The van der Waals surface area contributed by atoms with Crippen molar-refractivity contribution in [1.29, 1.82) is 0 Å². The van der Waals surface area contributed by atoms with Crippen LogP contribution in [-0.2, 0) is 0 Å². The highest BCUT2D eigenvalue weighted by molar-refractivity contribution is 7.07. The number of nitrogen functional groups attached to an aromatic ring is 1. The number of nitrogens with two attached hydrogens (primary N) is 1. The van der Waals surface area contributed by atoms with E-state index in [1.165, 1.54) is 11.3 Å². The number of halogens is 2. The summed E-state index contributed by atoms with van der Waals surface area (Å²) in [6.07, 6.45) is -0.719. The highest BCUT2D eigenvalue weighted by atomic mass is 32.1. The van der Waals surface area contributed by atoms with E-state index in [2.05, 4.69) is 5.32 Å². The molecule has 0 aliphatic heterocycles. The molecule has 0 radical (unpaired) electrons. The lowest BCUT2D eigenvalue weighted by molar-refractivity contribution is 0.192. The van der Waals surface area contributed by atoms with Gasteiger partial charge in [0, 0.05) is 18.7 Å². The van der Waals surface area contributed by atoms with Gasteiger partial charge in [-0.15, -0.1) is 0 Å². The number of aliphatic hydroxyl groups is 1. The number of rotatable bonds is 4. The first kappa shape index (κ1) is 12.8. The van der Waals surface area contributed by atoms with Gasteiger partial charge in [-0.1, -0.05) is 0 Å². The Labute approximate surface area is 107 Å². The van der Waals surface area contributed by atoms with E-state index in [9.17, 15) is 13.9 Å². The Morgan fingerprint density at radius 2 is 2.06 bits per heavy atom. The molecule has 0 fully saturated rings. The molecule has 2 rings (SSSR count). The molecule has 0 bridgehead atoms. The van der Waals surface area contributed by atoms with E-state index in [0.29, 0.717) is 0 Å². The molecule has 1 aromatic heterocycles. The fraction of sp³-hybridized carbons (Fsp3) is 0.167. The average Bonchev–Trinajstić information content (AvgIpc) is 2.85. The van der Waals surface area contributed by atoms with Crippen molar-refractivity contribution in [3.8, 4) is 0 Å². The normalized spacial score (nSPS) is 12.4. The third kappa shape index (κ3) is 2.77. The summed E-state index contributed by atoms with van der Waals surface area (Å²) in [6, 6.07) is 3.69. The molecule has 1 atom stereocenters. The lowest BCUT2D eigenvalue weighted by Crippen LogP contribution is -2.13. The molecule has 0 aliphatic rings. The van der Waals surface area contributed by atoms with Crippen LogP contribution in [0.2, 0.25) is 0 Å². The topological polar surface area (TPSA) is 58.3 Å². The van der Waals surface area contributed by atoms with Crippen molar-refractivity contribution in [2.24, 2.45) is 0 Å². The van der Waals surface area contributed by atoms with E-state index in [4.69, 9.17) is 5.73 Å². The predicted molar refractivity (Wildman–Crippen MR) is 68.5 cm³/mol. The van der Waals surface area contributed by atoms with E-state index in [1.807, 2.05) is 10.8 Å². The molecular weight excluding hydrogens is 258 g/mol. The Morgan fingerprint density at radius 3 is 2.72 bits per heavy atom. The second-order valence-corrected chi connectivity index (χ2v) is 4.59. The summed E-state index contributed by atoms with van der Waals surface area (Å²) in [4.78, 5) is 0. The Bertz CT molecular complexity index is 531. The standard InChI is InChI=1S/C12H12F2N2OS/c13-8-3-10(15)11(4-9(8)14)16-5-12(17)7-1-2-18-6-7/h1-4,6,12,16-17H,5,15H2. The Morgan fingerprint density at radius 1 is 1.33 bits per heavy atom. The minimum Gasteiger partial charge on any atom is -0.397 e. The van der Waals surface area contributed by atoms with Crippen molar-refractivity contribution in [3.05, 3.63) is 46.2 Å². The van der Waals surface area contributed by atoms with Gasteiger partial charge in [0.05, 0.1) is 17.5 Å². The zero-order valence-electron chi connectivity index (χ0n) is 9.36. The van der Waals surface area contributed by atoms with Crippen molar-refractivity contribution in [2.45, 2.75) is 6.10 Å². The van der Waals surface area contributed by atoms with Crippen LogP contribution < -0.4 is 11.1 Å². The lowest BCUT2D eigenvalue weighted by atomic mass is 10.2. The summed E-state index contributed by atoms with van der Waals surface area (Å²) in [7, 11) is 0. The van der Waals surface area contributed by atoms with Crippen LogP contribution in [0, 0.1) is 11.6 Å². The second-order valence-electron chi connectivity index (χ2n) is 3.81. The van der Waals surface area contributed by atoms with E-state index in [-0.39, 0.29) is 17.9 Å². The lowest BCUT2D eigenvalue weighted by Gasteiger charge is -2.13. The van der Waals surface area contributed by atoms with Gasteiger partial charge < -0.3 is 16.2 Å². The minimum absolute atomic E-state index is 0.103. The largest absolute Gasteiger partial charge is 0.397 e. The fourth-order valence-electron chi connectivity index (χ4n) is 1.50. The molecular formula is C12H12F2N2OS. The van der Waals surface area contributed by atoms with Crippen LogP contribution >= 0.6 is 11.3 Å². The quantitative estimate of drug-likeness (QED) is 0.749. The summed E-state index contributed by atoms with van der Waals surface area (Å²) < 4.78 is 25.9. The first-order chi connectivity index (χ1) is 8.58. The van der Waals surface area contributed by atoms with Crippen molar-refractivity contribution in [1.82, 2.24) is 0 Å². The van der Waals surface area contributed by atoms with Gasteiger partial charge in [0.25, 0.3) is 0 Å². The van der Waals surface area contributed by atoms with Crippen LogP contribution in [0.5, 0.6) is 0 Å². The highest BCUT2D eigenvalue weighted by Gasteiger charge is 2.11. The van der Waals surface area contributed by atoms with Crippen molar-refractivity contribution >= 4 is 22.7 Å². The molecule has 6 heteroatoms. The number of hydrogen-bond acceptors (Lipinski definition) is 4. The molecule has 0 saturated carbocycles. The van der Waals surface area contributed by atoms with Crippen LogP contribution in [0.1, 0.15) is 11.7 Å². The van der Waals surface area contributed by atoms with Crippen LogP contribution in [0.4, 0.5) is 20.2 Å². The van der Waals surface area contributed by atoms with Gasteiger partial charge in [0.15, 0.2) is 11.6 Å².